The summed E-state index contributed by atoms with van der Waals surface area (Å²) in [5, 5.41) is 21.5. The molecule has 6 nitrogen and oxygen atoms in total. The highest BCUT2D eigenvalue weighted by atomic mass is 16.5. The maximum atomic E-state index is 11.4. The zero-order chi connectivity index (χ0) is 13.5. The minimum absolute atomic E-state index is 0.0380. The standard InChI is InChI=1S/C12H24N2O4/c1-3-18-12(17)13-11-6-10(9(2)16)7-14(8-11)4-5-15/h9-11,15-16H,3-8H2,1-2H3,(H,13,17). The van der Waals surface area contributed by atoms with E-state index in [0.29, 0.717) is 19.7 Å². The van der Waals surface area contributed by atoms with Crippen LogP contribution in [-0.2, 0) is 4.74 Å². The van der Waals surface area contributed by atoms with E-state index in [0.717, 1.165) is 13.0 Å². The Bertz CT molecular complexity index is 260. The molecule has 0 saturated carbocycles. The van der Waals surface area contributed by atoms with Gasteiger partial charge in [-0.2, -0.15) is 0 Å². The average Bonchev–Trinajstić information content (AvgIpc) is 2.29. The van der Waals surface area contributed by atoms with Crippen molar-refractivity contribution in [1.29, 1.82) is 0 Å². The number of ether oxygens (including phenoxy) is 1. The maximum absolute atomic E-state index is 11.4. The molecule has 1 rings (SSSR count). The molecule has 0 aliphatic carbocycles. The first-order chi connectivity index (χ1) is 8.56. The summed E-state index contributed by atoms with van der Waals surface area (Å²) in [6.07, 6.45) is -0.103. The first kappa shape index (κ1) is 15.2. The fourth-order valence-corrected chi connectivity index (χ4v) is 2.35. The van der Waals surface area contributed by atoms with Gasteiger partial charge in [-0.25, -0.2) is 4.79 Å². The summed E-state index contributed by atoms with van der Waals surface area (Å²) in [5.41, 5.74) is 0. The Balaban J connectivity index is 2.52. The number of likely N-dealkylation sites (tertiary alicyclic amines) is 1. The highest BCUT2D eigenvalue weighted by molar-refractivity contribution is 5.67. The monoisotopic (exact) mass is 260 g/mol. The lowest BCUT2D eigenvalue weighted by molar-refractivity contribution is 0.0399. The lowest BCUT2D eigenvalue weighted by Crippen LogP contribution is -2.53. The number of nitrogens with zero attached hydrogens (tertiary/aromatic N) is 1. The summed E-state index contributed by atoms with van der Waals surface area (Å²) < 4.78 is 4.86. The van der Waals surface area contributed by atoms with Gasteiger partial charge in [-0.05, 0) is 26.2 Å². The van der Waals surface area contributed by atoms with E-state index in [1.807, 2.05) is 0 Å². The second kappa shape index (κ2) is 7.56. The van der Waals surface area contributed by atoms with Gasteiger partial charge < -0.3 is 20.3 Å². The fraction of sp³-hybridized carbons (Fsp3) is 0.917. The van der Waals surface area contributed by atoms with Crippen LogP contribution in [0, 0.1) is 5.92 Å². The minimum Gasteiger partial charge on any atom is -0.450 e. The Morgan fingerprint density at radius 1 is 1.56 bits per heavy atom. The summed E-state index contributed by atoms with van der Waals surface area (Å²) in [6, 6.07) is -0.0380. The molecule has 0 radical (unpaired) electrons. The first-order valence-electron chi connectivity index (χ1n) is 6.51. The third-order valence-electron chi connectivity index (χ3n) is 3.25. The summed E-state index contributed by atoms with van der Waals surface area (Å²) >= 11 is 0. The van der Waals surface area contributed by atoms with Crippen LogP contribution >= 0.6 is 0 Å². The Kier molecular flexibility index (Phi) is 6.38. The molecule has 3 atom stereocenters. The largest absolute Gasteiger partial charge is 0.450 e. The molecule has 0 bridgehead atoms. The molecule has 0 aromatic carbocycles. The summed E-state index contributed by atoms with van der Waals surface area (Å²) in [4.78, 5) is 13.4. The molecule has 1 saturated heterocycles. The van der Waals surface area contributed by atoms with E-state index in [9.17, 15) is 9.90 Å². The molecule has 1 aliphatic heterocycles. The molecule has 106 valence electrons. The van der Waals surface area contributed by atoms with Crippen LogP contribution in [0.25, 0.3) is 0 Å². The third-order valence-corrected chi connectivity index (χ3v) is 3.25. The van der Waals surface area contributed by atoms with Crippen molar-refractivity contribution in [2.45, 2.75) is 32.4 Å². The zero-order valence-corrected chi connectivity index (χ0v) is 11.1. The van der Waals surface area contributed by atoms with Crippen LogP contribution < -0.4 is 5.32 Å². The van der Waals surface area contributed by atoms with Crippen molar-refractivity contribution < 1.29 is 19.7 Å². The van der Waals surface area contributed by atoms with Gasteiger partial charge >= 0.3 is 6.09 Å². The van der Waals surface area contributed by atoms with Crippen molar-refractivity contribution in [2.75, 3.05) is 32.8 Å². The smallest absolute Gasteiger partial charge is 0.407 e. The number of aliphatic hydroxyl groups is 2. The Morgan fingerprint density at radius 2 is 2.28 bits per heavy atom. The highest BCUT2D eigenvalue weighted by Gasteiger charge is 2.30. The van der Waals surface area contributed by atoms with E-state index in [1.54, 1.807) is 13.8 Å². The van der Waals surface area contributed by atoms with Gasteiger partial charge in [0.05, 0.1) is 19.3 Å². The SMILES string of the molecule is CCOC(=O)NC1CC(C(C)O)CN(CCO)C1. The van der Waals surface area contributed by atoms with Crippen molar-refractivity contribution in [3.63, 3.8) is 0 Å². The van der Waals surface area contributed by atoms with Gasteiger partial charge in [0.25, 0.3) is 0 Å². The van der Waals surface area contributed by atoms with Gasteiger partial charge in [0, 0.05) is 25.7 Å². The predicted octanol–water partition coefficient (Wildman–Crippen LogP) is -0.204. The number of alkyl carbamates (subject to hydrolysis) is 1. The van der Waals surface area contributed by atoms with E-state index in [4.69, 9.17) is 9.84 Å². The normalized spacial score (nSPS) is 26.7. The number of carbonyl (C=O) groups is 1. The van der Waals surface area contributed by atoms with Crippen LogP contribution in [0.4, 0.5) is 4.79 Å². The molecule has 3 N–H and O–H groups in total. The first-order valence-corrected chi connectivity index (χ1v) is 6.51. The molecule has 6 heteroatoms. The van der Waals surface area contributed by atoms with E-state index in [1.165, 1.54) is 0 Å². The third kappa shape index (κ3) is 4.80. The number of amides is 1. The molecule has 3 unspecified atom stereocenters. The molecule has 1 amide bonds. The van der Waals surface area contributed by atoms with Gasteiger partial charge in [0.2, 0.25) is 0 Å². The zero-order valence-electron chi connectivity index (χ0n) is 11.1. The number of piperidine rings is 1. The van der Waals surface area contributed by atoms with E-state index < -0.39 is 12.2 Å². The van der Waals surface area contributed by atoms with Crippen molar-refractivity contribution >= 4 is 6.09 Å². The molecule has 0 aromatic heterocycles. The van der Waals surface area contributed by atoms with Gasteiger partial charge in [0.1, 0.15) is 0 Å². The maximum Gasteiger partial charge on any atom is 0.407 e. The van der Waals surface area contributed by atoms with Gasteiger partial charge in [0.15, 0.2) is 0 Å². The Labute approximate surface area is 108 Å². The van der Waals surface area contributed by atoms with Crippen LogP contribution in [-0.4, -0.2) is 66.2 Å². The molecular weight excluding hydrogens is 236 g/mol. The van der Waals surface area contributed by atoms with Crippen molar-refractivity contribution in [3.05, 3.63) is 0 Å². The van der Waals surface area contributed by atoms with E-state index in [-0.39, 0.29) is 18.6 Å². The van der Waals surface area contributed by atoms with Crippen molar-refractivity contribution in [3.8, 4) is 0 Å². The number of β-amino-alcohol motifs (C(OH)–C–C–N with tert-alkyl or cyclic N) is 1. The number of nitrogens with one attached hydrogen (secondary N) is 1. The molecule has 1 heterocycles. The summed E-state index contributed by atoms with van der Waals surface area (Å²) in [7, 11) is 0. The lowest BCUT2D eigenvalue weighted by atomic mass is 9.90. The molecule has 1 fully saturated rings. The second-order valence-corrected chi connectivity index (χ2v) is 4.78. The van der Waals surface area contributed by atoms with Gasteiger partial charge in [-0.1, -0.05) is 0 Å². The number of hydrogen-bond donors (Lipinski definition) is 3. The number of rotatable bonds is 5. The van der Waals surface area contributed by atoms with Crippen LogP contribution in [0.2, 0.25) is 0 Å². The summed E-state index contributed by atoms with van der Waals surface area (Å²) in [5.74, 6) is 0.109. The molecule has 18 heavy (non-hydrogen) atoms. The fourth-order valence-electron chi connectivity index (χ4n) is 2.35. The number of aliphatic hydroxyl groups excluding tert-OH is 2. The summed E-state index contributed by atoms with van der Waals surface area (Å²) in [6.45, 7) is 5.94. The predicted molar refractivity (Wildman–Crippen MR) is 67.3 cm³/mol. The molecule has 0 aromatic rings. The van der Waals surface area contributed by atoms with Crippen molar-refractivity contribution in [2.24, 2.45) is 5.92 Å². The topological polar surface area (TPSA) is 82.0 Å². The van der Waals surface area contributed by atoms with Crippen LogP contribution in [0.5, 0.6) is 0 Å². The van der Waals surface area contributed by atoms with E-state index >= 15 is 0 Å². The van der Waals surface area contributed by atoms with Crippen LogP contribution in [0.3, 0.4) is 0 Å². The molecule has 0 spiro atoms. The quantitative estimate of drug-likeness (QED) is 0.637. The second-order valence-electron chi connectivity index (χ2n) is 4.78. The Morgan fingerprint density at radius 3 is 2.83 bits per heavy atom. The minimum atomic E-state index is -0.419. The van der Waals surface area contributed by atoms with Crippen molar-refractivity contribution in [1.82, 2.24) is 10.2 Å². The number of hydrogen-bond acceptors (Lipinski definition) is 5. The number of carbonyl (C=O) groups excluding carboxylic acids is 1. The van der Waals surface area contributed by atoms with Crippen LogP contribution in [0.1, 0.15) is 20.3 Å². The van der Waals surface area contributed by atoms with Gasteiger partial charge in [-0.3, -0.25) is 4.90 Å². The van der Waals surface area contributed by atoms with Gasteiger partial charge in [-0.15, -0.1) is 0 Å². The molecule has 1 aliphatic rings. The van der Waals surface area contributed by atoms with Crippen LogP contribution in [0.15, 0.2) is 0 Å². The highest BCUT2D eigenvalue weighted by Crippen LogP contribution is 2.20. The van der Waals surface area contributed by atoms with E-state index in [2.05, 4.69) is 10.2 Å². The molecular formula is C12H24N2O4. The lowest BCUT2D eigenvalue weighted by Gasteiger charge is -2.38. The Hall–Kier alpha value is -0.850. The average molecular weight is 260 g/mol.